The minimum Gasteiger partial charge on any atom is -0.394 e. The Morgan fingerprint density at radius 2 is 1.75 bits per heavy atom. The summed E-state index contributed by atoms with van der Waals surface area (Å²) >= 11 is 0. The number of hydrogen-bond acceptors (Lipinski definition) is 4. The van der Waals surface area contributed by atoms with Crippen LogP contribution >= 0.6 is 0 Å². The van der Waals surface area contributed by atoms with Crippen molar-refractivity contribution in [3.05, 3.63) is 35.9 Å². The van der Waals surface area contributed by atoms with Gasteiger partial charge in [-0.25, -0.2) is 0 Å². The summed E-state index contributed by atoms with van der Waals surface area (Å²) in [7, 11) is 0. The minimum atomic E-state index is -0.475. The van der Waals surface area contributed by atoms with Gasteiger partial charge < -0.3 is 19.9 Å². The highest BCUT2D eigenvalue weighted by Crippen LogP contribution is 2.47. The highest BCUT2D eigenvalue weighted by atomic mass is 16.7. The van der Waals surface area contributed by atoms with Crippen LogP contribution in [0.25, 0.3) is 0 Å². The zero-order chi connectivity index (χ0) is 20.0. The predicted octanol–water partition coefficient (Wildman–Crippen LogP) is 3.45. The molecule has 2 fully saturated rings. The molecule has 1 aliphatic heterocycles. The predicted molar refractivity (Wildman–Crippen MR) is 109 cm³/mol. The van der Waals surface area contributed by atoms with Gasteiger partial charge in [0.1, 0.15) is 0 Å². The van der Waals surface area contributed by atoms with Gasteiger partial charge in [-0.05, 0) is 43.6 Å². The number of aliphatic hydroxyl groups excluding tert-OH is 1. The molecule has 0 aromatic heterocycles. The summed E-state index contributed by atoms with van der Waals surface area (Å²) in [4.78, 5) is 13.3. The monoisotopic (exact) mass is 389 g/mol. The second-order valence-corrected chi connectivity index (χ2v) is 8.73. The van der Waals surface area contributed by atoms with Crippen molar-refractivity contribution in [1.82, 2.24) is 5.32 Å². The molecular weight excluding hydrogens is 354 g/mol. The quantitative estimate of drug-likeness (QED) is 0.715. The maximum absolute atomic E-state index is 13.3. The van der Waals surface area contributed by atoms with Crippen molar-refractivity contribution in [1.29, 1.82) is 0 Å². The van der Waals surface area contributed by atoms with Crippen molar-refractivity contribution >= 4 is 5.91 Å². The molecule has 156 valence electrons. The standard InChI is InChI=1S/C23H35NO4/c1-18(2)20(17-25)24-21(26)22(10-6-9-19-7-4-3-5-8-19)11-13-23(14-12-22)27-15-16-28-23/h3-5,7-8,18,20,25H,6,9-17H2,1-2H3,(H,24,26)/t20-/m1/s1. The van der Waals surface area contributed by atoms with E-state index in [1.54, 1.807) is 0 Å². The van der Waals surface area contributed by atoms with E-state index in [-0.39, 0.29) is 24.5 Å². The van der Waals surface area contributed by atoms with Crippen LogP contribution in [0.5, 0.6) is 0 Å². The van der Waals surface area contributed by atoms with Crippen molar-refractivity contribution in [2.45, 2.75) is 70.6 Å². The Labute approximate surface area is 168 Å². The Kier molecular flexibility index (Phi) is 7.13. The molecule has 1 atom stereocenters. The number of aliphatic hydroxyl groups is 1. The molecular formula is C23H35NO4. The molecule has 0 radical (unpaired) electrons. The van der Waals surface area contributed by atoms with E-state index in [9.17, 15) is 9.90 Å². The van der Waals surface area contributed by atoms with Crippen LogP contribution in [-0.4, -0.2) is 42.7 Å². The summed E-state index contributed by atoms with van der Waals surface area (Å²) in [5.41, 5.74) is 0.903. The van der Waals surface area contributed by atoms with Crippen molar-refractivity contribution in [3.63, 3.8) is 0 Å². The van der Waals surface area contributed by atoms with E-state index in [1.165, 1.54) is 5.56 Å². The van der Waals surface area contributed by atoms with Gasteiger partial charge >= 0.3 is 0 Å². The lowest BCUT2D eigenvalue weighted by Gasteiger charge is -2.43. The van der Waals surface area contributed by atoms with Crippen LogP contribution in [0.4, 0.5) is 0 Å². The Hall–Kier alpha value is -1.43. The molecule has 28 heavy (non-hydrogen) atoms. The Bertz CT molecular complexity index is 615. The largest absolute Gasteiger partial charge is 0.394 e. The van der Waals surface area contributed by atoms with Crippen LogP contribution in [0.2, 0.25) is 0 Å². The zero-order valence-corrected chi connectivity index (χ0v) is 17.3. The summed E-state index contributed by atoms with van der Waals surface area (Å²) in [5, 5.41) is 12.8. The lowest BCUT2D eigenvalue weighted by Crippen LogP contribution is -2.52. The molecule has 2 aliphatic rings. The van der Waals surface area contributed by atoms with E-state index in [0.29, 0.717) is 13.2 Å². The lowest BCUT2D eigenvalue weighted by molar-refractivity contribution is -0.194. The SMILES string of the molecule is CC(C)[C@@H](CO)NC(=O)C1(CCCc2ccccc2)CCC2(CC1)OCCO2. The normalized spacial score (nSPS) is 21.7. The maximum atomic E-state index is 13.3. The summed E-state index contributed by atoms with van der Waals surface area (Å²) in [6.07, 6.45) is 5.85. The summed E-state index contributed by atoms with van der Waals surface area (Å²) in [6.45, 7) is 5.32. The Morgan fingerprint density at radius 3 is 2.32 bits per heavy atom. The molecule has 1 aromatic carbocycles. The van der Waals surface area contributed by atoms with E-state index >= 15 is 0 Å². The molecule has 1 spiro atoms. The first-order valence-electron chi connectivity index (χ1n) is 10.7. The number of carbonyl (C=O) groups is 1. The first-order valence-corrected chi connectivity index (χ1v) is 10.7. The van der Waals surface area contributed by atoms with Gasteiger partial charge in [-0.15, -0.1) is 0 Å². The zero-order valence-electron chi connectivity index (χ0n) is 17.3. The second kappa shape index (κ2) is 9.38. The third-order valence-corrected chi connectivity index (χ3v) is 6.55. The molecule has 2 N–H and O–H groups in total. The van der Waals surface area contributed by atoms with Gasteiger partial charge in [-0.1, -0.05) is 44.2 Å². The minimum absolute atomic E-state index is 0.0281. The van der Waals surface area contributed by atoms with Crippen LogP contribution in [0.1, 0.15) is 57.9 Å². The van der Waals surface area contributed by atoms with Crippen LogP contribution < -0.4 is 5.32 Å². The fourth-order valence-corrected chi connectivity index (χ4v) is 4.51. The van der Waals surface area contributed by atoms with Gasteiger partial charge in [-0.2, -0.15) is 0 Å². The molecule has 1 amide bonds. The van der Waals surface area contributed by atoms with E-state index < -0.39 is 11.2 Å². The van der Waals surface area contributed by atoms with Crippen molar-refractivity contribution in [2.75, 3.05) is 19.8 Å². The summed E-state index contributed by atoms with van der Waals surface area (Å²) in [5.74, 6) is -0.189. The number of carbonyl (C=O) groups excluding carboxylic acids is 1. The van der Waals surface area contributed by atoms with Gasteiger partial charge in [-0.3, -0.25) is 4.79 Å². The molecule has 1 aromatic rings. The third kappa shape index (κ3) is 4.94. The smallest absolute Gasteiger partial charge is 0.226 e. The molecule has 0 unspecified atom stereocenters. The second-order valence-electron chi connectivity index (χ2n) is 8.73. The molecule has 0 bridgehead atoms. The summed E-state index contributed by atoms with van der Waals surface area (Å²) < 4.78 is 11.7. The van der Waals surface area contributed by atoms with Crippen LogP contribution in [0.3, 0.4) is 0 Å². The number of aryl methyl sites for hydroxylation is 1. The number of amides is 1. The van der Waals surface area contributed by atoms with Gasteiger partial charge in [0.2, 0.25) is 5.91 Å². The first-order chi connectivity index (χ1) is 13.5. The van der Waals surface area contributed by atoms with E-state index in [0.717, 1.165) is 44.9 Å². The van der Waals surface area contributed by atoms with Crippen molar-refractivity contribution in [2.24, 2.45) is 11.3 Å². The Balaban J connectivity index is 1.67. The van der Waals surface area contributed by atoms with Gasteiger partial charge in [0.15, 0.2) is 5.79 Å². The lowest BCUT2D eigenvalue weighted by atomic mass is 9.68. The number of benzene rings is 1. The highest BCUT2D eigenvalue weighted by molar-refractivity contribution is 5.83. The fraction of sp³-hybridized carbons (Fsp3) is 0.696. The van der Waals surface area contributed by atoms with E-state index in [1.807, 2.05) is 19.9 Å². The maximum Gasteiger partial charge on any atom is 0.226 e. The van der Waals surface area contributed by atoms with Crippen molar-refractivity contribution < 1.29 is 19.4 Å². The van der Waals surface area contributed by atoms with E-state index in [4.69, 9.17) is 9.47 Å². The topological polar surface area (TPSA) is 67.8 Å². The summed E-state index contributed by atoms with van der Waals surface area (Å²) in [6, 6.07) is 10.2. The molecule has 3 rings (SSSR count). The molecule has 1 heterocycles. The average molecular weight is 390 g/mol. The first kappa shape index (κ1) is 21.3. The fourth-order valence-electron chi connectivity index (χ4n) is 4.51. The molecule has 5 heteroatoms. The molecule has 5 nitrogen and oxygen atoms in total. The van der Waals surface area contributed by atoms with Gasteiger partial charge in [0.25, 0.3) is 0 Å². The Morgan fingerprint density at radius 1 is 1.11 bits per heavy atom. The van der Waals surface area contributed by atoms with Gasteiger partial charge in [0.05, 0.1) is 25.9 Å². The number of hydrogen-bond donors (Lipinski definition) is 2. The number of ether oxygens (including phenoxy) is 2. The van der Waals surface area contributed by atoms with Gasteiger partial charge in [0, 0.05) is 18.3 Å². The van der Waals surface area contributed by atoms with Crippen LogP contribution in [0, 0.1) is 11.3 Å². The highest BCUT2D eigenvalue weighted by Gasteiger charge is 2.49. The van der Waals surface area contributed by atoms with Crippen LogP contribution in [-0.2, 0) is 20.7 Å². The van der Waals surface area contributed by atoms with E-state index in [2.05, 4.69) is 29.6 Å². The number of rotatable bonds is 8. The molecule has 1 saturated heterocycles. The third-order valence-electron chi connectivity index (χ3n) is 6.55. The van der Waals surface area contributed by atoms with Crippen LogP contribution in [0.15, 0.2) is 30.3 Å². The molecule has 1 saturated carbocycles. The number of nitrogens with one attached hydrogen (secondary N) is 1. The molecule has 1 aliphatic carbocycles. The van der Waals surface area contributed by atoms with Crippen molar-refractivity contribution in [3.8, 4) is 0 Å². The average Bonchev–Trinajstić information content (AvgIpc) is 3.16.